The minimum atomic E-state index is -0.0429. The van der Waals surface area contributed by atoms with Gasteiger partial charge in [0.1, 0.15) is 11.5 Å². The Balaban J connectivity index is 0.00000435. The van der Waals surface area contributed by atoms with E-state index in [2.05, 4.69) is 122 Å². The number of para-hydroxylation sites is 2. The van der Waals surface area contributed by atoms with Gasteiger partial charge in [-0.3, -0.25) is 4.85 Å². The summed E-state index contributed by atoms with van der Waals surface area (Å²) in [4.78, 5) is 8.61. The maximum Gasteiger partial charge on any atom is 2.00 e. The van der Waals surface area contributed by atoms with Crippen LogP contribution in [-0.2, 0) is 26.5 Å². The molecule has 0 N–H and O–H groups in total. The Labute approximate surface area is 324 Å². The standard InChI is InChI=1S/C45H36N6O.Pt/c1-28-13-8-9-16-36(28)44-49-48-43(51(44)42-29(2)14-12-15-30(42)3)31-23-33(46-7)26-35(24-31)52-34-19-20-38-37-17-10-11-18-39(37)50(40(38)27-34)41-25-32(21-22-47-41)45(4,5)6;/h8-23,25-26H,1-6H3;/q-2;+2. The van der Waals surface area contributed by atoms with Crippen LogP contribution in [0.15, 0.2) is 109 Å². The van der Waals surface area contributed by atoms with Crippen LogP contribution in [0.25, 0.3) is 60.9 Å². The van der Waals surface area contributed by atoms with Crippen LogP contribution >= 0.6 is 0 Å². The van der Waals surface area contributed by atoms with E-state index in [0.29, 0.717) is 34.4 Å². The summed E-state index contributed by atoms with van der Waals surface area (Å²) in [5.41, 5.74) is 9.21. The van der Waals surface area contributed by atoms with Crippen molar-refractivity contribution in [1.29, 1.82) is 0 Å². The third-order valence-corrected chi connectivity index (χ3v) is 9.53. The van der Waals surface area contributed by atoms with E-state index >= 15 is 0 Å². The van der Waals surface area contributed by atoms with Gasteiger partial charge < -0.3 is 13.9 Å². The predicted molar refractivity (Wildman–Crippen MR) is 208 cm³/mol. The molecule has 0 fully saturated rings. The third-order valence-electron chi connectivity index (χ3n) is 9.53. The first-order valence-corrected chi connectivity index (χ1v) is 17.2. The van der Waals surface area contributed by atoms with Crippen LogP contribution in [0.3, 0.4) is 0 Å². The third kappa shape index (κ3) is 6.45. The molecule has 53 heavy (non-hydrogen) atoms. The molecule has 3 aromatic heterocycles. The molecule has 0 radical (unpaired) electrons. The normalized spacial score (nSPS) is 11.4. The molecule has 0 atom stereocenters. The number of aromatic nitrogens is 5. The van der Waals surface area contributed by atoms with Crippen LogP contribution in [0.4, 0.5) is 5.69 Å². The molecular formula is C45H36N6OPt. The van der Waals surface area contributed by atoms with E-state index in [4.69, 9.17) is 26.5 Å². The summed E-state index contributed by atoms with van der Waals surface area (Å²) >= 11 is 0. The molecule has 0 aliphatic heterocycles. The Bertz CT molecular complexity index is 2690. The average Bonchev–Trinajstić information content (AvgIpc) is 3.71. The molecule has 7 nitrogen and oxygen atoms in total. The van der Waals surface area contributed by atoms with E-state index in [1.165, 1.54) is 5.56 Å². The zero-order valence-corrected chi connectivity index (χ0v) is 32.6. The fourth-order valence-electron chi connectivity index (χ4n) is 6.89. The van der Waals surface area contributed by atoms with Gasteiger partial charge >= 0.3 is 21.1 Å². The summed E-state index contributed by atoms with van der Waals surface area (Å²) in [5, 5.41) is 11.6. The van der Waals surface area contributed by atoms with Crippen molar-refractivity contribution in [3.05, 3.63) is 155 Å². The van der Waals surface area contributed by atoms with Crippen LogP contribution in [0.5, 0.6) is 11.5 Å². The Morgan fingerprint density at radius 3 is 2.17 bits per heavy atom. The summed E-state index contributed by atoms with van der Waals surface area (Å²) in [6.07, 6.45) is 1.87. The Hall–Kier alpha value is -5.83. The van der Waals surface area contributed by atoms with Crippen LogP contribution in [0.1, 0.15) is 43.0 Å². The number of fused-ring (bicyclic) bond motifs is 3. The van der Waals surface area contributed by atoms with Crippen LogP contribution in [0.2, 0.25) is 0 Å². The molecule has 8 rings (SSSR count). The Morgan fingerprint density at radius 2 is 1.42 bits per heavy atom. The van der Waals surface area contributed by atoms with E-state index < -0.39 is 0 Å². The van der Waals surface area contributed by atoms with Gasteiger partial charge in [0.25, 0.3) is 0 Å². The molecule has 0 bridgehead atoms. The zero-order valence-electron chi connectivity index (χ0n) is 30.3. The number of hydrogen-bond donors (Lipinski definition) is 0. The molecular weight excluding hydrogens is 836 g/mol. The minimum absolute atomic E-state index is 0. The summed E-state index contributed by atoms with van der Waals surface area (Å²) < 4.78 is 10.7. The summed E-state index contributed by atoms with van der Waals surface area (Å²) in [6, 6.07) is 41.3. The molecule has 8 heteroatoms. The second-order valence-electron chi connectivity index (χ2n) is 14.2. The van der Waals surface area contributed by atoms with Crippen molar-refractivity contribution in [3.63, 3.8) is 0 Å². The van der Waals surface area contributed by atoms with E-state index in [0.717, 1.165) is 55.6 Å². The molecule has 0 aliphatic carbocycles. The number of ether oxygens (including phenoxy) is 1. The van der Waals surface area contributed by atoms with E-state index in [9.17, 15) is 0 Å². The number of rotatable bonds is 6. The number of aryl methyl sites for hydroxylation is 3. The van der Waals surface area contributed by atoms with Crippen molar-refractivity contribution in [1.82, 2.24) is 24.3 Å². The maximum atomic E-state index is 7.98. The fraction of sp³-hybridized carbons (Fsp3) is 0.156. The second-order valence-corrected chi connectivity index (χ2v) is 14.2. The van der Waals surface area contributed by atoms with Gasteiger partial charge in [-0.05, 0) is 72.0 Å². The van der Waals surface area contributed by atoms with Gasteiger partial charge in [0.05, 0.1) is 12.4 Å². The molecule has 0 amide bonds. The Kier molecular flexibility index (Phi) is 9.36. The molecule has 262 valence electrons. The van der Waals surface area contributed by atoms with Gasteiger partial charge in [0.2, 0.25) is 0 Å². The molecule has 5 aromatic carbocycles. The summed E-state index contributed by atoms with van der Waals surface area (Å²) in [6.45, 7) is 20.8. The number of pyridine rings is 1. The second kappa shape index (κ2) is 14.0. The monoisotopic (exact) mass is 871 g/mol. The topological polar surface area (TPSA) is 62.1 Å². The van der Waals surface area contributed by atoms with Gasteiger partial charge in [-0.1, -0.05) is 99.1 Å². The number of nitrogens with zero attached hydrogens (tertiary/aromatic N) is 6. The van der Waals surface area contributed by atoms with Gasteiger partial charge in [-0.2, -0.15) is 11.2 Å². The van der Waals surface area contributed by atoms with Gasteiger partial charge in [-0.15, -0.1) is 34.2 Å². The molecule has 8 aromatic rings. The van der Waals surface area contributed by atoms with Crippen molar-refractivity contribution in [2.24, 2.45) is 0 Å². The van der Waals surface area contributed by atoms with E-state index in [1.807, 2.05) is 42.6 Å². The fourth-order valence-corrected chi connectivity index (χ4v) is 6.89. The molecule has 0 aliphatic rings. The van der Waals surface area contributed by atoms with Crippen molar-refractivity contribution < 1.29 is 25.8 Å². The zero-order chi connectivity index (χ0) is 36.1. The maximum absolute atomic E-state index is 7.98. The SMILES string of the molecule is [C-]#[N+]c1cc(Oc2[c-]c3c(cc2)c2ccccc2n3-c2cc(C(C)(C)C)ccn2)[c-]c(-c2nnc(-c3ccccc3C)n2-c2c(C)cccc2C)c1.[Pt+2]. The van der Waals surface area contributed by atoms with Crippen molar-refractivity contribution >= 4 is 27.5 Å². The van der Waals surface area contributed by atoms with Crippen molar-refractivity contribution in [2.45, 2.75) is 47.0 Å². The van der Waals surface area contributed by atoms with E-state index in [1.54, 1.807) is 12.1 Å². The van der Waals surface area contributed by atoms with Crippen LogP contribution in [-0.4, -0.2) is 24.3 Å². The van der Waals surface area contributed by atoms with Crippen molar-refractivity contribution in [3.8, 4) is 45.8 Å². The van der Waals surface area contributed by atoms with Gasteiger partial charge in [0.15, 0.2) is 5.82 Å². The van der Waals surface area contributed by atoms with E-state index in [-0.39, 0.29) is 26.5 Å². The average molecular weight is 872 g/mol. The smallest absolute Gasteiger partial charge is 0.504 e. The summed E-state index contributed by atoms with van der Waals surface area (Å²) in [5.74, 6) is 2.96. The molecule has 0 saturated carbocycles. The first-order chi connectivity index (χ1) is 25.1. The first-order valence-electron chi connectivity index (χ1n) is 17.2. The predicted octanol–water partition coefficient (Wildman–Crippen LogP) is 11.3. The molecule has 0 spiro atoms. The molecule has 3 heterocycles. The largest absolute Gasteiger partial charge is 2.00 e. The molecule has 0 unspecified atom stereocenters. The van der Waals surface area contributed by atoms with Crippen LogP contribution in [0, 0.1) is 39.5 Å². The first kappa shape index (κ1) is 35.6. The quantitative estimate of drug-likeness (QED) is 0.156. The van der Waals surface area contributed by atoms with Gasteiger partial charge in [0, 0.05) is 34.5 Å². The molecule has 0 saturated heterocycles. The number of hydrogen-bond acceptors (Lipinski definition) is 4. The Morgan fingerprint density at radius 1 is 0.698 bits per heavy atom. The minimum Gasteiger partial charge on any atom is -0.504 e. The van der Waals surface area contributed by atoms with Crippen molar-refractivity contribution in [2.75, 3.05) is 0 Å². The van der Waals surface area contributed by atoms with Crippen LogP contribution < -0.4 is 4.74 Å². The van der Waals surface area contributed by atoms with Gasteiger partial charge in [-0.25, -0.2) is 4.98 Å². The number of benzene rings is 5. The summed E-state index contributed by atoms with van der Waals surface area (Å²) in [7, 11) is 0.